The van der Waals surface area contributed by atoms with Gasteiger partial charge in [-0.05, 0) is 11.1 Å². The molecular formula is C17H16F3NOS. The fourth-order valence-electron chi connectivity index (χ4n) is 2.05. The molecule has 1 amide bonds. The molecule has 0 aliphatic carbocycles. The Bertz CT molecular complexity index is 577. The zero-order chi connectivity index (χ0) is 16.7. The predicted octanol–water partition coefficient (Wildman–Crippen LogP) is 4.19. The number of thioether (sulfide) groups is 1. The number of hydrogen-bond acceptors (Lipinski definition) is 2. The van der Waals surface area contributed by atoms with Crippen LogP contribution in [0.4, 0.5) is 13.2 Å². The van der Waals surface area contributed by atoms with E-state index in [9.17, 15) is 18.0 Å². The summed E-state index contributed by atoms with van der Waals surface area (Å²) in [6.07, 6.45) is -4.39. The van der Waals surface area contributed by atoms with Gasteiger partial charge >= 0.3 is 6.18 Å². The van der Waals surface area contributed by atoms with E-state index < -0.39 is 18.6 Å². The molecule has 0 fully saturated rings. The van der Waals surface area contributed by atoms with Crippen LogP contribution in [0.2, 0.25) is 0 Å². The highest BCUT2D eigenvalue weighted by Gasteiger charge is 2.27. The maximum atomic E-state index is 12.1. The Kier molecular flexibility index (Phi) is 6.10. The van der Waals surface area contributed by atoms with Crippen LogP contribution in [0, 0.1) is 0 Å². The Morgan fingerprint density at radius 1 is 0.957 bits per heavy atom. The molecule has 0 saturated heterocycles. The molecule has 0 unspecified atom stereocenters. The van der Waals surface area contributed by atoms with Gasteiger partial charge in [0.05, 0.1) is 11.0 Å². The van der Waals surface area contributed by atoms with Gasteiger partial charge < -0.3 is 5.32 Å². The lowest BCUT2D eigenvalue weighted by Gasteiger charge is -2.17. The van der Waals surface area contributed by atoms with Gasteiger partial charge in [0.15, 0.2) is 0 Å². The third-order valence-corrected chi connectivity index (χ3v) is 4.38. The fourth-order valence-corrected chi connectivity index (χ4v) is 3.17. The molecule has 2 nitrogen and oxygen atoms in total. The molecule has 0 aliphatic heterocycles. The molecule has 0 aromatic heterocycles. The normalized spacial score (nSPS) is 11.5. The van der Waals surface area contributed by atoms with Crippen LogP contribution in [0.5, 0.6) is 0 Å². The van der Waals surface area contributed by atoms with Gasteiger partial charge in [-0.1, -0.05) is 60.7 Å². The second-order valence-electron chi connectivity index (χ2n) is 4.90. The molecule has 122 valence electrons. The van der Waals surface area contributed by atoms with Crippen molar-refractivity contribution < 1.29 is 18.0 Å². The second kappa shape index (κ2) is 8.06. The van der Waals surface area contributed by atoms with Crippen molar-refractivity contribution in [2.75, 3.05) is 12.3 Å². The lowest BCUT2D eigenvalue weighted by atomic mass is 10.0. The lowest BCUT2D eigenvalue weighted by molar-refractivity contribution is -0.136. The third kappa shape index (κ3) is 5.98. The quantitative estimate of drug-likeness (QED) is 0.855. The number of carbonyl (C=O) groups is 1. The maximum absolute atomic E-state index is 12.1. The molecule has 1 N–H and O–H groups in total. The molecule has 2 aromatic rings. The average molecular weight is 339 g/mol. The Morgan fingerprint density at radius 2 is 1.43 bits per heavy atom. The van der Waals surface area contributed by atoms with Crippen LogP contribution in [0.15, 0.2) is 60.7 Å². The Morgan fingerprint density at radius 3 is 1.87 bits per heavy atom. The highest BCUT2D eigenvalue weighted by atomic mass is 32.2. The molecule has 0 aliphatic rings. The van der Waals surface area contributed by atoms with Crippen molar-refractivity contribution >= 4 is 17.7 Å². The predicted molar refractivity (Wildman–Crippen MR) is 86.2 cm³/mol. The zero-order valence-corrected chi connectivity index (χ0v) is 13.0. The van der Waals surface area contributed by atoms with Gasteiger partial charge in [-0.2, -0.15) is 13.2 Å². The van der Waals surface area contributed by atoms with E-state index in [0.717, 1.165) is 11.1 Å². The number of alkyl halides is 3. The number of hydrogen-bond donors (Lipinski definition) is 1. The van der Waals surface area contributed by atoms with Crippen molar-refractivity contribution in [1.82, 2.24) is 5.32 Å². The van der Waals surface area contributed by atoms with Crippen molar-refractivity contribution in [1.29, 1.82) is 0 Å². The zero-order valence-electron chi connectivity index (χ0n) is 12.2. The number of benzene rings is 2. The monoisotopic (exact) mass is 339 g/mol. The fraction of sp³-hybridized carbons (Fsp3) is 0.235. The number of nitrogens with one attached hydrogen (secondary N) is 1. The Balaban J connectivity index is 2.03. The highest BCUT2D eigenvalue weighted by molar-refractivity contribution is 8.00. The minimum Gasteiger partial charge on any atom is -0.346 e. The molecule has 0 atom stereocenters. The summed E-state index contributed by atoms with van der Waals surface area (Å²) < 4.78 is 36.4. The largest absolute Gasteiger partial charge is 0.405 e. The van der Waals surface area contributed by atoms with Crippen molar-refractivity contribution in [3.05, 3.63) is 71.8 Å². The third-order valence-electron chi connectivity index (χ3n) is 3.07. The van der Waals surface area contributed by atoms with E-state index in [2.05, 4.69) is 0 Å². The SMILES string of the molecule is O=C(CSC(c1ccccc1)c1ccccc1)NCC(F)(F)F. The van der Waals surface area contributed by atoms with Crippen LogP contribution in [0.1, 0.15) is 16.4 Å². The summed E-state index contributed by atoms with van der Waals surface area (Å²) in [7, 11) is 0. The summed E-state index contributed by atoms with van der Waals surface area (Å²) >= 11 is 1.31. The standard InChI is InChI=1S/C17H16F3NOS/c18-17(19,20)12-21-15(22)11-23-16(13-7-3-1-4-8-13)14-9-5-2-6-10-14/h1-10,16H,11-12H2,(H,21,22). The topological polar surface area (TPSA) is 29.1 Å². The Labute approximate surface area is 137 Å². The highest BCUT2D eigenvalue weighted by Crippen LogP contribution is 2.35. The Hall–Kier alpha value is -1.95. The molecule has 0 heterocycles. The summed E-state index contributed by atoms with van der Waals surface area (Å²) in [5, 5.41) is 1.79. The molecule has 2 aromatic carbocycles. The molecule has 2 rings (SSSR count). The first-order chi connectivity index (χ1) is 11.0. The van der Waals surface area contributed by atoms with Crippen molar-refractivity contribution in [2.45, 2.75) is 11.4 Å². The number of amides is 1. The van der Waals surface area contributed by atoms with Crippen molar-refractivity contribution in [3.63, 3.8) is 0 Å². The van der Waals surface area contributed by atoms with E-state index in [1.54, 1.807) is 0 Å². The summed E-state index contributed by atoms with van der Waals surface area (Å²) in [6.45, 7) is -1.30. The summed E-state index contributed by atoms with van der Waals surface area (Å²) in [4.78, 5) is 11.6. The molecule has 0 spiro atoms. The molecule has 0 radical (unpaired) electrons. The summed E-state index contributed by atoms with van der Waals surface area (Å²) in [5.41, 5.74) is 2.01. The number of carbonyl (C=O) groups excluding carboxylic acids is 1. The van der Waals surface area contributed by atoms with Crippen molar-refractivity contribution in [2.24, 2.45) is 0 Å². The van der Waals surface area contributed by atoms with Crippen LogP contribution in [-0.2, 0) is 4.79 Å². The number of halogens is 3. The maximum Gasteiger partial charge on any atom is 0.405 e. The smallest absolute Gasteiger partial charge is 0.346 e. The molecule has 23 heavy (non-hydrogen) atoms. The van der Waals surface area contributed by atoms with Crippen LogP contribution in [0.3, 0.4) is 0 Å². The van der Waals surface area contributed by atoms with Gasteiger partial charge in [-0.3, -0.25) is 4.79 Å². The van der Waals surface area contributed by atoms with E-state index in [-0.39, 0.29) is 11.0 Å². The minimum absolute atomic E-state index is 0.0372. The van der Waals surface area contributed by atoms with Gasteiger partial charge in [0.1, 0.15) is 6.54 Å². The van der Waals surface area contributed by atoms with Gasteiger partial charge in [0, 0.05) is 0 Å². The van der Waals surface area contributed by atoms with Gasteiger partial charge in [-0.25, -0.2) is 0 Å². The van der Waals surface area contributed by atoms with Crippen molar-refractivity contribution in [3.8, 4) is 0 Å². The van der Waals surface area contributed by atoms with E-state index in [0.29, 0.717) is 0 Å². The number of rotatable bonds is 6. The molecule has 6 heteroatoms. The van der Waals surface area contributed by atoms with Gasteiger partial charge in [0.2, 0.25) is 5.91 Å². The molecule has 0 saturated carbocycles. The van der Waals surface area contributed by atoms with Crippen LogP contribution in [0.25, 0.3) is 0 Å². The molecule has 0 bridgehead atoms. The van der Waals surface area contributed by atoms with E-state index in [1.807, 2.05) is 66.0 Å². The van der Waals surface area contributed by atoms with Gasteiger partial charge in [-0.15, -0.1) is 11.8 Å². The van der Waals surface area contributed by atoms with Crippen LogP contribution < -0.4 is 5.32 Å². The first-order valence-corrected chi connectivity index (χ1v) is 8.05. The second-order valence-corrected chi connectivity index (χ2v) is 6.00. The van der Waals surface area contributed by atoms with Gasteiger partial charge in [0.25, 0.3) is 0 Å². The first-order valence-electron chi connectivity index (χ1n) is 7.00. The lowest BCUT2D eigenvalue weighted by Crippen LogP contribution is -2.34. The van der Waals surface area contributed by atoms with E-state index >= 15 is 0 Å². The van der Waals surface area contributed by atoms with E-state index in [4.69, 9.17) is 0 Å². The van der Waals surface area contributed by atoms with Crippen LogP contribution >= 0.6 is 11.8 Å². The molecular weight excluding hydrogens is 323 g/mol. The summed E-state index contributed by atoms with van der Waals surface area (Å²) in [6, 6.07) is 19.2. The van der Waals surface area contributed by atoms with Crippen LogP contribution in [-0.4, -0.2) is 24.4 Å². The van der Waals surface area contributed by atoms with E-state index in [1.165, 1.54) is 11.8 Å². The minimum atomic E-state index is -4.39. The first kappa shape index (κ1) is 17.4. The average Bonchev–Trinajstić information content (AvgIpc) is 2.54. The summed E-state index contributed by atoms with van der Waals surface area (Å²) in [5.74, 6) is -0.658.